The quantitative estimate of drug-likeness (QED) is 0.744. The van der Waals surface area contributed by atoms with Crippen LogP contribution in [0.2, 0.25) is 0 Å². The fourth-order valence-electron chi connectivity index (χ4n) is 3.38. The van der Waals surface area contributed by atoms with Gasteiger partial charge in [-0.15, -0.1) is 10.2 Å². The predicted octanol–water partition coefficient (Wildman–Crippen LogP) is 2.87. The second-order valence-electron chi connectivity index (χ2n) is 6.35. The van der Waals surface area contributed by atoms with E-state index in [2.05, 4.69) is 20.2 Å². The third-order valence-electron chi connectivity index (χ3n) is 4.58. The molecule has 0 unspecified atom stereocenters. The van der Waals surface area contributed by atoms with Gasteiger partial charge in [0, 0.05) is 36.5 Å². The summed E-state index contributed by atoms with van der Waals surface area (Å²) in [6, 6.07) is 12.0. The van der Waals surface area contributed by atoms with Crippen LogP contribution in [-0.4, -0.2) is 44.1 Å². The van der Waals surface area contributed by atoms with Crippen molar-refractivity contribution in [2.75, 3.05) is 18.0 Å². The smallest absolute Gasteiger partial charge is 0.325 e. The lowest BCUT2D eigenvalue weighted by molar-refractivity contribution is -0.137. The highest BCUT2D eigenvalue weighted by Crippen LogP contribution is 2.33. The summed E-state index contributed by atoms with van der Waals surface area (Å²) in [5.74, 6) is -0.631. The number of aliphatic carboxylic acids is 1. The Morgan fingerprint density at radius 1 is 1.23 bits per heavy atom. The summed E-state index contributed by atoms with van der Waals surface area (Å²) in [4.78, 5) is 13.3. The number of carboxylic acids is 1. The fraction of sp³-hybridized carbons (Fsp3) is 0.333. The lowest BCUT2D eigenvalue weighted by Crippen LogP contribution is -2.35. The zero-order chi connectivity index (χ0) is 17.9. The number of aromatic nitrogens is 4. The van der Waals surface area contributed by atoms with Crippen LogP contribution >= 0.6 is 11.3 Å². The minimum absolute atomic E-state index is 0.101. The lowest BCUT2D eigenvalue weighted by atomic mass is 9.95. The van der Waals surface area contributed by atoms with Gasteiger partial charge in [-0.25, -0.2) is 0 Å². The molecule has 2 aromatic heterocycles. The maximum atomic E-state index is 11.0. The Hall–Kier alpha value is -2.74. The van der Waals surface area contributed by atoms with E-state index in [0.717, 1.165) is 47.3 Å². The summed E-state index contributed by atoms with van der Waals surface area (Å²) in [7, 11) is 0. The predicted molar refractivity (Wildman–Crippen MR) is 99.4 cm³/mol. The normalized spacial score (nSPS) is 17.4. The van der Waals surface area contributed by atoms with E-state index in [1.54, 1.807) is 22.2 Å². The molecular formula is C18H19N5O2S. The highest BCUT2D eigenvalue weighted by Gasteiger charge is 2.26. The van der Waals surface area contributed by atoms with Crippen molar-refractivity contribution in [2.24, 2.45) is 0 Å². The Morgan fingerprint density at radius 3 is 2.88 bits per heavy atom. The van der Waals surface area contributed by atoms with E-state index in [0.29, 0.717) is 0 Å². The van der Waals surface area contributed by atoms with Crippen molar-refractivity contribution in [3.8, 4) is 10.6 Å². The third-order valence-corrected chi connectivity index (χ3v) is 5.61. The molecule has 1 aromatic carbocycles. The molecule has 1 N–H and O–H groups in total. The summed E-state index contributed by atoms with van der Waals surface area (Å²) in [5, 5.41) is 23.8. The van der Waals surface area contributed by atoms with Crippen molar-refractivity contribution >= 4 is 22.4 Å². The van der Waals surface area contributed by atoms with Gasteiger partial charge in [0.1, 0.15) is 11.6 Å². The van der Waals surface area contributed by atoms with Crippen LogP contribution in [0.3, 0.4) is 0 Å². The van der Waals surface area contributed by atoms with Crippen molar-refractivity contribution in [2.45, 2.75) is 25.3 Å². The summed E-state index contributed by atoms with van der Waals surface area (Å²) < 4.78 is 1.59. The Labute approximate surface area is 154 Å². The zero-order valence-corrected chi connectivity index (χ0v) is 15.0. The minimum atomic E-state index is -0.876. The highest BCUT2D eigenvalue weighted by atomic mass is 32.1. The Balaban J connectivity index is 1.52. The van der Waals surface area contributed by atoms with Gasteiger partial charge in [-0.1, -0.05) is 41.7 Å². The summed E-state index contributed by atoms with van der Waals surface area (Å²) >= 11 is 1.59. The van der Waals surface area contributed by atoms with Crippen molar-refractivity contribution in [1.82, 2.24) is 20.0 Å². The molecule has 1 saturated heterocycles. The van der Waals surface area contributed by atoms with Gasteiger partial charge in [-0.2, -0.15) is 5.10 Å². The number of carboxylic acid groups (broad SMARTS) is 1. The van der Waals surface area contributed by atoms with Gasteiger partial charge in [-0.05, 0) is 18.9 Å². The molecule has 0 saturated carbocycles. The molecule has 26 heavy (non-hydrogen) atoms. The molecule has 0 bridgehead atoms. The third kappa shape index (κ3) is 3.45. The summed E-state index contributed by atoms with van der Waals surface area (Å²) in [6.45, 7) is 1.64. The molecule has 0 aliphatic carbocycles. The van der Waals surface area contributed by atoms with Gasteiger partial charge in [0.15, 0.2) is 0 Å². The second kappa shape index (κ2) is 7.25. The molecular weight excluding hydrogens is 350 g/mol. The van der Waals surface area contributed by atoms with Crippen LogP contribution in [0.5, 0.6) is 0 Å². The van der Waals surface area contributed by atoms with Gasteiger partial charge in [0.25, 0.3) is 0 Å². The molecule has 134 valence electrons. The molecule has 1 fully saturated rings. The topological polar surface area (TPSA) is 84.1 Å². The monoisotopic (exact) mass is 369 g/mol. The fourth-order valence-corrected chi connectivity index (χ4v) is 4.27. The van der Waals surface area contributed by atoms with Crippen LogP contribution in [0.1, 0.15) is 24.5 Å². The van der Waals surface area contributed by atoms with Crippen LogP contribution in [0, 0.1) is 0 Å². The molecule has 0 radical (unpaired) electrons. The maximum Gasteiger partial charge on any atom is 0.325 e. The average molecular weight is 369 g/mol. The van der Waals surface area contributed by atoms with E-state index in [1.807, 2.05) is 36.4 Å². The number of hydrogen-bond donors (Lipinski definition) is 1. The maximum absolute atomic E-state index is 11.0. The Morgan fingerprint density at radius 2 is 2.08 bits per heavy atom. The lowest BCUT2D eigenvalue weighted by Gasteiger charge is -2.32. The number of carbonyl (C=O) groups is 1. The van der Waals surface area contributed by atoms with E-state index < -0.39 is 5.97 Å². The largest absolute Gasteiger partial charge is 0.480 e. The SMILES string of the molecule is O=C(O)Cn1nccc1[C@H]1CCCN(c2nnc(-c3ccccc3)s2)C1. The second-order valence-corrected chi connectivity index (χ2v) is 7.30. The first-order valence-corrected chi connectivity index (χ1v) is 9.40. The molecule has 1 aliphatic rings. The van der Waals surface area contributed by atoms with Gasteiger partial charge >= 0.3 is 5.97 Å². The van der Waals surface area contributed by atoms with Gasteiger partial charge in [0.2, 0.25) is 5.13 Å². The number of hydrogen-bond acceptors (Lipinski definition) is 6. The minimum Gasteiger partial charge on any atom is -0.480 e. The van der Waals surface area contributed by atoms with E-state index in [1.165, 1.54) is 0 Å². The molecule has 0 amide bonds. The number of nitrogens with zero attached hydrogens (tertiary/aromatic N) is 5. The first kappa shape index (κ1) is 16.7. The van der Waals surface area contributed by atoms with Crippen molar-refractivity contribution in [3.63, 3.8) is 0 Å². The van der Waals surface area contributed by atoms with E-state index >= 15 is 0 Å². The molecule has 4 rings (SSSR count). The average Bonchev–Trinajstić information content (AvgIpc) is 3.32. The molecule has 1 aliphatic heterocycles. The first-order valence-electron chi connectivity index (χ1n) is 8.58. The molecule has 0 spiro atoms. The standard InChI is InChI=1S/C18H19N5O2S/c24-16(25)12-23-15(8-9-19-23)14-7-4-10-22(11-14)18-21-20-17(26-18)13-5-2-1-3-6-13/h1-3,5-6,8-9,14H,4,7,10-12H2,(H,24,25)/t14-/m0/s1. The Kier molecular flexibility index (Phi) is 4.66. The highest BCUT2D eigenvalue weighted by molar-refractivity contribution is 7.18. The molecule has 3 aromatic rings. The number of rotatable bonds is 5. The zero-order valence-electron chi connectivity index (χ0n) is 14.2. The summed E-state index contributed by atoms with van der Waals surface area (Å²) in [6.07, 6.45) is 3.73. The number of benzene rings is 1. The van der Waals surface area contributed by atoms with E-state index in [9.17, 15) is 4.79 Å². The van der Waals surface area contributed by atoms with Crippen LogP contribution in [-0.2, 0) is 11.3 Å². The number of anilines is 1. The number of piperidine rings is 1. The van der Waals surface area contributed by atoms with Crippen molar-refractivity contribution in [1.29, 1.82) is 0 Å². The van der Waals surface area contributed by atoms with Crippen LogP contribution < -0.4 is 4.90 Å². The van der Waals surface area contributed by atoms with Crippen molar-refractivity contribution in [3.05, 3.63) is 48.3 Å². The van der Waals surface area contributed by atoms with E-state index in [4.69, 9.17) is 5.11 Å². The van der Waals surface area contributed by atoms with Crippen molar-refractivity contribution < 1.29 is 9.90 Å². The Bertz CT molecular complexity index is 892. The van der Waals surface area contributed by atoms with Gasteiger partial charge < -0.3 is 10.0 Å². The molecule has 1 atom stereocenters. The summed E-state index contributed by atoms with van der Waals surface area (Å²) in [5.41, 5.74) is 2.05. The van der Waals surface area contributed by atoms with Crippen LogP contribution in [0.4, 0.5) is 5.13 Å². The molecule has 3 heterocycles. The van der Waals surface area contributed by atoms with Crippen LogP contribution in [0.25, 0.3) is 10.6 Å². The molecule has 7 nitrogen and oxygen atoms in total. The van der Waals surface area contributed by atoms with Crippen LogP contribution in [0.15, 0.2) is 42.6 Å². The van der Waals surface area contributed by atoms with Gasteiger partial charge in [0.05, 0.1) is 0 Å². The van der Waals surface area contributed by atoms with Gasteiger partial charge in [-0.3, -0.25) is 9.48 Å². The van der Waals surface area contributed by atoms with E-state index in [-0.39, 0.29) is 12.5 Å². The first-order chi connectivity index (χ1) is 12.7. The molecule has 8 heteroatoms.